The van der Waals surface area contributed by atoms with Gasteiger partial charge in [0.1, 0.15) is 23.2 Å². The van der Waals surface area contributed by atoms with Gasteiger partial charge in [-0.05, 0) is 6.08 Å². The highest BCUT2D eigenvalue weighted by atomic mass is 32.2. The quantitative estimate of drug-likeness (QED) is 0.331. The third-order valence-corrected chi connectivity index (χ3v) is 6.53. The number of rotatable bonds is 6. The molecule has 2 amide bonds. The first kappa shape index (κ1) is 18.7. The Morgan fingerprint density at radius 3 is 2.79 bits per heavy atom. The van der Waals surface area contributed by atoms with Gasteiger partial charge in [0.25, 0.3) is 11.8 Å². The summed E-state index contributed by atoms with van der Waals surface area (Å²) < 4.78 is 5.44. The maximum Gasteiger partial charge on any atom is 0.352 e. The minimum absolute atomic E-state index is 0.118. The van der Waals surface area contributed by atoms with E-state index in [0.29, 0.717) is 5.75 Å². The van der Waals surface area contributed by atoms with Crippen LogP contribution in [0.5, 0.6) is 0 Å². The van der Waals surface area contributed by atoms with Crippen molar-refractivity contribution in [1.82, 2.24) is 15.2 Å². The number of carboxylic acids is 2. The van der Waals surface area contributed by atoms with Crippen LogP contribution in [0, 0.1) is 0 Å². The lowest BCUT2D eigenvalue weighted by atomic mass is 9.97. The number of nitrogens with two attached hydrogens (primary N) is 1. The number of nitrogens with one attached hydrogen (secondary N) is 1. The SMILES string of the molecule is Nc1nc(C2(C(=O)N[C@@H]3C(=O)N4C(C(=O)O)=CCS[C@H]34)OC2CC(=O)O)cs1. The van der Waals surface area contributed by atoms with Gasteiger partial charge in [0, 0.05) is 11.1 Å². The van der Waals surface area contributed by atoms with E-state index >= 15 is 0 Å². The molecule has 0 spiro atoms. The van der Waals surface area contributed by atoms with Gasteiger partial charge in [-0.2, -0.15) is 0 Å². The zero-order chi connectivity index (χ0) is 20.2. The van der Waals surface area contributed by atoms with E-state index in [1.807, 2.05) is 0 Å². The number of β-lactam (4-membered cyclic amide) rings is 1. The Bertz CT molecular complexity index is 931. The van der Waals surface area contributed by atoms with Crippen LogP contribution in [0.1, 0.15) is 12.1 Å². The van der Waals surface area contributed by atoms with E-state index in [1.165, 1.54) is 23.2 Å². The molecule has 0 aromatic carbocycles. The van der Waals surface area contributed by atoms with E-state index in [1.54, 1.807) is 0 Å². The van der Waals surface area contributed by atoms with Gasteiger partial charge < -0.3 is 26.0 Å². The fourth-order valence-corrected chi connectivity index (χ4v) is 5.13. The smallest absolute Gasteiger partial charge is 0.352 e. The number of thioether (sulfide) groups is 1. The third-order valence-electron chi connectivity index (χ3n) is 4.68. The van der Waals surface area contributed by atoms with Crippen molar-refractivity contribution in [2.45, 2.75) is 29.5 Å². The molecule has 2 unspecified atom stereocenters. The monoisotopic (exact) mass is 426 g/mol. The number of hydrogen-bond acceptors (Lipinski definition) is 9. The Balaban J connectivity index is 1.54. The van der Waals surface area contributed by atoms with Crippen LogP contribution < -0.4 is 11.1 Å². The molecule has 1 aromatic rings. The van der Waals surface area contributed by atoms with Crippen molar-refractivity contribution < 1.29 is 34.1 Å². The summed E-state index contributed by atoms with van der Waals surface area (Å²) in [5, 5.41) is 21.9. The number of carboxylic acid groups (broad SMARTS) is 2. The molecule has 0 bridgehead atoms. The molecule has 3 aliphatic heterocycles. The molecule has 0 radical (unpaired) electrons. The van der Waals surface area contributed by atoms with Gasteiger partial charge in [-0.1, -0.05) is 0 Å². The van der Waals surface area contributed by atoms with Gasteiger partial charge in [0.15, 0.2) is 5.13 Å². The maximum atomic E-state index is 13.0. The first-order valence-electron chi connectivity index (χ1n) is 8.06. The number of aliphatic carboxylic acids is 2. The molecule has 4 heterocycles. The summed E-state index contributed by atoms with van der Waals surface area (Å²) in [4.78, 5) is 52.8. The van der Waals surface area contributed by atoms with Crippen LogP contribution >= 0.6 is 23.1 Å². The van der Waals surface area contributed by atoms with Gasteiger partial charge in [0.2, 0.25) is 5.60 Å². The number of carbonyl (C=O) groups excluding carboxylic acids is 2. The van der Waals surface area contributed by atoms with Gasteiger partial charge in [-0.25, -0.2) is 9.78 Å². The van der Waals surface area contributed by atoms with Crippen LogP contribution in [-0.2, 0) is 29.5 Å². The number of nitrogen functional groups attached to an aromatic ring is 1. The van der Waals surface area contributed by atoms with Crippen LogP contribution in [0.4, 0.5) is 5.13 Å². The third kappa shape index (κ3) is 2.73. The molecule has 4 atom stereocenters. The number of ether oxygens (including phenoxy) is 1. The number of nitrogens with zero attached hydrogens (tertiary/aromatic N) is 2. The van der Waals surface area contributed by atoms with Crippen molar-refractivity contribution in [2.24, 2.45) is 0 Å². The minimum atomic E-state index is -1.63. The highest BCUT2D eigenvalue weighted by Crippen LogP contribution is 2.49. The van der Waals surface area contributed by atoms with Crippen molar-refractivity contribution in [1.29, 1.82) is 0 Å². The molecule has 2 fully saturated rings. The normalized spacial score (nSPS) is 30.7. The zero-order valence-electron chi connectivity index (χ0n) is 14.0. The van der Waals surface area contributed by atoms with E-state index in [2.05, 4.69) is 10.3 Å². The van der Waals surface area contributed by atoms with Crippen molar-refractivity contribution in [3.8, 4) is 0 Å². The minimum Gasteiger partial charge on any atom is -0.481 e. The molecule has 5 N–H and O–H groups in total. The summed E-state index contributed by atoms with van der Waals surface area (Å²) in [6.07, 6.45) is 0.0808. The van der Waals surface area contributed by atoms with E-state index in [4.69, 9.17) is 15.6 Å². The molecular weight excluding hydrogens is 412 g/mol. The van der Waals surface area contributed by atoms with E-state index in [9.17, 15) is 24.3 Å². The van der Waals surface area contributed by atoms with Gasteiger partial charge >= 0.3 is 11.9 Å². The standard InChI is InChI=1S/C15H14N4O7S2/c16-14-17-6(4-28-14)15(7(26-15)3-8(20)21)13(25)18-9-10(22)19-5(12(23)24)1-2-27-11(9)19/h1,4,7,9,11H,2-3H2,(H2,16,17)(H,18,25)(H,20,21)(H,23,24)/t7?,9-,11-,15?/m1/s1. The first-order valence-corrected chi connectivity index (χ1v) is 9.98. The van der Waals surface area contributed by atoms with Gasteiger partial charge in [0.05, 0.1) is 12.1 Å². The molecule has 28 heavy (non-hydrogen) atoms. The average Bonchev–Trinajstić information content (AvgIpc) is 3.18. The predicted octanol–water partition coefficient (Wildman–Crippen LogP) is -0.837. The molecule has 2 saturated heterocycles. The number of hydrogen-bond donors (Lipinski definition) is 4. The van der Waals surface area contributed by atoms with Gasteiger partial charge in [-0.3, -0.25) is 19.3 Å². The maximum absolute atomic E-state index is 13.0. The number of anilines is 1. The number of aromatic nitrogens is 1. The highest BCUT2D eigenvalue weighted by molar-refractivity contribution is 8.00. The second-order valence-electron chi connectivity index (χ2n) is 6.29. The molecule has 148 valence electrons. The number of carbonyl (C=O) groups is 4. The Morgan fingerprint density at radius 1 is 1.43 bits per heavy atom. The van der Waals surface area contributed by atoms with Crippen LogP contribution in [0.2, 0.25) is 0 Å². The molecule has 4 rings (SSSR count). The number of amides is 2. The summed E-state index contributed by atoms with van der Waals surface area (Å²) in [6, 6.07) is -0.942. The van der Waals surface area contributed by atoms with Crippen molar-refractivity contribution in [2.75, 3.05) is 11.5 Å². The van der Waals surface area contributed by atoms with Crippen LogP contribution in [-0.4, -0.2) is 67.1 Å². The van der Waals surface area contributed by atoms with Crippen molar-refractivity contribution in [3.63, 3.8) is 0 Å². The largest absolute Gasteiger partial charge is 0.481 e. The Hall–Kier alpha value is -2.64. The van der Waals surface area contributed by atoms with E-state index in [0.717, 1.165) is 16.2 Å². The molecule has 11 nitrogen and oxygen atoms in total. The fraction of sp³-hybridized carbons (Fsp3) is 0.400. The molecular formula is C15H14N4O7S2. The molecule has 3 aliphatic rings. The first-order chi connectivity index (χ1) is 13.3. The molecule has 0 aliphatic carbocycles. The van der Waals surface area contributed by atoms with Crippen LogP contribution in [0.25, 0.3) is 0 Å². The summed E-state index contributed by atoms with van der Waals surface area (Å²) in [6.45, 7) is 0. The highest BCUT2D eigenvalue weighted by Gasteiger charge is 2.67. The summed E-state index contributed by atoms with van der Waals surface area (Å²) in [5.74, 6) is -3.23. The van der Waals surface area contributed by atoms with Crippen molar-refractivity contribution >= 4 is 52.0 Å². The molecule has 0 saturated carbocycles. The number of fused-ring (bicyclic) bond motifs is 1. The zero-order valence-corrected chi connectivity index (χ0v) is 15.7. The molecule has 13 heteroatoms. The topological polar surface area (TPSA) is 175 Å². The lowest BCUT2D eigenvalue weighted by molar-refractivity contribution is -0.151. The van der Waals surface area contributed by atoms with E-state index < -0.39 is 53.3 Å². The number of epoxide rings is 1. The summed E-state index contributed by atoms with van der Waals surface area (Å²) in [5.41, 5.74) is 4.06. The van der Waals surface area contributed by atoms with E-state index in [-0.39, 0.29) is 16.5 Å². The Morgan fingerprint density at radius 2 is 2.18 bits per heavy atom. The van der Waals surface area contributed by atoms with Gasteiger partial charge in [-0.15, -0.1) is 23.1 Å². The van der Waals surface area contributed by atoms with Crippen LogP contribution in [0.15, 0.2) is 17.2 Å². The average molecular weight is 426 g/mol. The molecule has 1 aromatic heterocycles. The predicted molar refractivity (Wildman–Crippen MR) is 96.1 cm³/mol. The Labute approximate surface area is 165 Å². The summed E-state index contributed by atoms with van der Waals surface area (Å²) >= 11 is 2.39. The second-order valence-corrected chi connectivity index (χ2v) is 8.33. The summed E-state index contributed by atoms with van der Waals surface area (Å²) in [7, 11) is 0. The second kappa shape index (κ2) is 6.46. The Kier molecular flexibility index (Phi) is 4.32. The van der Waals surface area contributed by atoms with Crippen molar-refractivity contribution in [3.05, 3.63) is 22.8 Å². The lowest BCUT2D eigenvalue weighted by Gasteiger charge is -2.48. The lowest BCUT2D eigenvalue weighted by Crippen LogP contribution is -2.71. The number of thiazole rings is 1. The van der Waals surface area contributed by atoms with Crippen LogP contribution in [0.3, 0.4) is 0 Å². The fourth-order valence-electron chi connectivity index (χ4n) is 3.32.